The molecule has 1 atom stereocenters. The molecular weight excluding hydrogens is 502 g/mol. The molecule has 10 nitrogen and oxygen atoms in total. The van der Waals surface area contributed by atoms with Gasteiger partial charge >= 0.3 is 5.97 Å². The Labute approximate surface area is 219 Å². The maximum atomic E-state index is 13.6. The number of fused-ring (bicyclic) bond motifs is 3. The largest absolute Gasteiger partial charge is 0.478 e. The maximum absolute atomic E-state index is 13.6. The van der Waals surface area contributed by atoms with Crippen molar-refractivity contribution in [3.05, 3.63) is 100 Å². The first kappa shape index (κ1) is 23.9. The zero-order valence-electron chi connectivity index (χ0n) is 20.2. The molecule has 0 saturated heterocycles. The Morgan fingerprint density at radius 1 is 0.846 bits per heavy atom. The average molecular weight is 519 g/mol. The number of aromatic nitrogens is 1. The van der Waals surface area contributed by atoms with E-state index >= 15 is 0 Å². The number of carboxylic acid groups (broad SMARTS) is 1. The molecule has 0 radical (unpaired) electrons. The van der Waals surface area contributed by atoms with E-state index in [2.05, 4.69) is 10.3 Å². The second kappa shape index (κ2) is 8.52. The number of nitrogens with one attached hydrogen (secondary N) is 1. The number of anilines is 2. The highest BCUT2D eigenvalue weighted by molar-refractivity contribution is 6.38. The fourth-order valence-electron chi connectivity index (χ4n) is 5.20. The fraction of sp³-hybridized carbons (Fsp3) is 0.0690. The van der Waals surface area contributed by atoms with E-state index < -0.39 is 41.2 Å². The lowest BCUT2D eigenvalue weighted by Crippen LogP contribution is -2.30. The standard InChI is InChI=1S/C29H17N3O7/c1-13(33)30-19-11-5-7-15-23(19)26(35)24(25(15)34)20-12-21(14-6-2-3-10-18(14)31-20)32-27(36)16-8-4-9-17(29(38)39)22(16)28(32)37/h2-12,24H,1H3,(H,30,33)(H,38,39). The molecule has 0 fully saturated rings. The van der Waals surface area contributed by atoms with Crippen LogP contribution in [0.15, 0.2) is 66.7 Å². The molecule has 1 aliphatic heterocycles. The van der Waals surface area contributed by atoms with Crippen molar-refractivity contribution in [2.24, 2.45) is 0 Å². The lowest BCUT2D eigenvalue weighted by atomic mass is 9.97. The quantitative estimate of drug-likeness (QED) is 0.305. The molecule has 2 aliphatic rings. The van der Waals surface area contributed by atoms with Crippen LogP contribution in [0.1, 0.15) is 70.3 Å². The number of carbonyl (C=O) groups excluding carboxylic acids is 5. The monoisotopic (exact) mass is 519 g/mol. The van der Waals surface area contributed by atoms with E-state index in [1.807, 2.05) is 0 Å². The second-order valence-corrected chi connectivity index (χ2v) is 9.13. The minimum atomic E-state index is -1.37. The van der Waals surface area contributed by atoms with Crippen LogP contribution < -0.4 is 10.2 Å². The Morgan fingerprint density at radius 3 is 2.31 bits per heavy atom. The smallest absolute Gasteiger partial charge is 0.336 e. The Bertz CT molecular complexity index is 1840. The van der Waals surface area contributed by atoms with Crippen molar-refractivity contribution in [3.63, 3.8) is 0 Å². The number of ketones is 2. The van der Waals surface area contributed by atoms with Gasteiger partial charge in [-0.3, -0.25) is 29.0 Å². The van der Waals surface area contributed by atoms with Crippen LogP contribution in [-0.4, -0.2) is 45.3 Å². The minimum Gasteiger partial charge on any atom is -0.478 e. The van der Waals surface area contributed by atoms with Crippen LogP contribution in [0, 0.1) is 0 Å². The molecule has 1 aliphatic carbocycles. The van der Waals surface area contributed by atoms with Crippen molar-refractivity contribution >= 4 is 57.5 Å². The van der Waals surface area contributed by atoms with E-state index in [0.29, 0.717) is 10.9 Å². The molecule has 1 unspecified atom stereocenters. The van der Waals surface area contributed by atoms with E-state index in [9.17, 15) is 33.9 Å². The Kier molecular flexibility index (Phi) is 5.21. The van der Waals surface area contributed by atoms with Crippen LogP contribution in [0.5, 0.6) is 0 Å². The number of hydrogen-bond acceptors (Lipinski definition) is 7. The first-order valence-corrected chi connectivity index (χ1v) is 11.8. The van der Waals surface area contributed by atoms with Gasteiger partial charge in [0.25, 0.3) is 11.8 Å². The molecule has 4 aromatic rings. The number of benzene rings is 3. The first-order valence-electron chi connectivity index (χ1n) is 11.8. The summed E-state index contributed by atoms with van der Waals surface area (Å²) in [4.78, 5) is 82.8. The molecule has 0 saturated carbocycles. The Hall–Kier alpha value is -5.51. The molecular formula is C29H17N3O7. The second-order valence-electron chi connectivity index (χ2n) is 9.13. The Balaban J connectivity index is 1.53. The molecule has 39 heavy (non-hydrogen) atoms. The third-order valence-electron chi connectivity index (χ3n) is 6.81. The number of para-hydroxylation sites is 1. The van der Waals surface area contributed by atoms with Crippen molar-refractivity contribution in [1.82, 2.24) is 4.98 Å². The highest BCUT2D eigenvalue weighted by atomic mass is 16.4. The van der Waals surface area contributed by atoms with Gasteiger partial charge in [-0.2, -0.15) is 0 Å². The molecule has 10 heteroatoms. The van der Waals surface area contributed by atoms with Crippen LogP contribution in [0.3, 0.4) is 0 Å². The number of carbonyl (C=O) groups is 6. The summed E-state index contributed by atoms with van der Waals surface area (Å²) in [5.41, 5.74) is 0.165. The number of carboxylic acids is 1. The van der Waals surface area contributed by atoms with Gasteiger partial charge in [0, 0.05) is 17.9 Å². The topological polar surface area (TPSA) is 151 Å². The summed E-state index contributed by atoms with van der Waals surface area (Å²) in [7, 11) is 0. The molecule has 6 rings (SSSR count). The first-order chi connectivity index (χ1) is 18.7. The summed E-state index contributed by atoms with van der Waals surface area (Å²) >= 11 is 0. The molecule has 2 heterocycles. The summed E-state index contributed by atoms with van der Waals surface area (Å²) in [6, 6.07) is 16.5. The van der Waals surface area contributed by atoms with Crippen molar-refractivity contribution in [3.8, 4) is 0 Å². The van der Waals surface area contributed by atoms with Gasteiger partial charge in [-0.15, -0.1) is 0 Å². The van der Waals surface area contributed by atoms with Crippen molar-refractivity contribution in [2.45, 2.75) is 12.8 Å². The third kappa shape index (κ3) is 3.46. The van der Waals surface area contributed by atoms with Gasteiger partial charge in [0.2, 0.25) is 5.91 Å². The summed E-state index contributed by atoms with van der Waals surface area (Å²) in [5, 5.41) is 12.6. The number of amides is 3. The number of nitrogens with zero attached hydrogens (tertiary/aromatic N) is 2. The van der Waals surface area contributed by atoms with Gasteiger partial charge < -0.3 is 10.4 Å². The number of aromatic carboxylic acids is 1. The fourth-order valence-corrected chi connectivity index (χ4v) is 5.20. The molecule has 1 aromatic heterocycles. The van der Waals surface area contributed by atoms with E-state index in [-0.39, 0.29) is 44.9 Å². The minimum absolute atomic E-state index is 0.0127. The zero-order chi connectivity index (χ0) is 27.6. The van der Waals surface area contributed by atoms with Gasteiger partial charge in [0.05, 0.1) is 44.8 Å². The van der Waals surface area contributed by atoms with E-state index in [1.54, 1.807) is 30.3 Å². The van der Waals surface area contributed by atoms with Gasteiger partial charge in [0.15, 0.2) is 11.6 Å². The summed E-state index contributed by atoms with van der Waals surface area (Å²) in [6.45, 7) is 1.28. The normalized spacial score (nSPS) is 16.0. The SMILES string of the molecule is CC(=O)Nc1cccc2c1C(=O)C(c1cc(N3C(=O)c4cccc(C(=O)O)c4C3=O)c3ccccc3n1)C2=O. The summed E-state index contributed by atoms with van der Waals surface area (Å²) < 4.78 is 0. The van der Waals surface area contributed by atoms with E-state index in [4.69, 9.17) is 0 Å². The van der Waals surface area contributed by atoms with Crippen LogP contribution in [-0.2, 0) is 4.79 Å². The number of Topliss-reactive ketones (excluding diaryl/α,β-unsaturated/α-hetero) is 2. The van der Waals surface area contributed by atoms with Gasteiger partial charge in [-0.25, -0.2) is 9.69 Å². The molecule has 0 spiro atoms. The average Bonchev–Trinajstić information content (AvgIpc) is 3.32. The van der Waals surface area contributed by atoms with Crippen molar-refractivity contribution < 1.29 is 33.9 Å². The molecule has 3 amide bonds. The van der Waals surface area contributed by atoms with Crippen LogP contribution >= 0.6 is 0 Å². The number of imide groups is 1. The van der Waals surface area contributed by atoms with E-state index in [0.717, 1.165) is 4.90 Å². The highest BCUT2D eigenvalue weighted by Crippen LogP contribution is 2.41. The predicted octanol–water partition coefficient (Wildman–Crippen LogP) is 3.85. The molecule has 2 N–H and O–H groups in total. The van der Waals surface area contributed by atoms with Gasteiger partial charge in [0.1, 0.15) is 5.92 Å². The third-order valence-corrected chi connectivity index (χ3v) is 6.81. The van der Waals surface area contributed by atoms with E-state index in [1.165, 1.54) is 43.3 Å². The summed E-state index contributed by atoms with van der Waals surface area (Å²) in [5.74, 6) is -5.83. The van der Waals surface area contributed by atoms with Gasteiger partial charge in [-0.05, 0) is 30.3 Å². The van der Waals surface area contributed by atoms with Crippen LogP contribution in [0.25, 0.3) is 10.9 Å². The number of pyridine rings is 1. The van der Waals surface area contributed by atoms with Crippen molar-refractivity contribution in [2.75, 3.05) is 10.2 Å². The summed E-state index contributed by atoms with van der Waals surface area (Å²) in [6.07, 6.45) is 0. The van der Waals surface area contributed by atoms with Crippen LogP contribution in [0.4, 0.5) is 11.4 Å². The zero-order valence-corrected chi connectivity index (χ0v) is 20.2. The van der Waals surface area contributed by atoms with Crippen molar-refractivity contribution in [1.29, 1.82) is 0 Å². The highest BCUT2D eigenvalue weighted by Gasteiger charge is 2.44. The lowest BCUT2D eigenvalue weighted by Gasteiger charge is -2.19. The molecule has 0 bridgehead atoms. The maximum Gasteiger partial charge on any atom is 0.336 e. The predicted molar refractivity (Wildman–Crippen MR) is 138 cm³/mol. The molecule has 190 valence electrons. The molecule has 3 aromatic carbocycles. The van der Waals surface area contributed by atoms with Crippen LogP contribution in [0.2, 0.25) is 0 Å². The Morgan fingerprint density at radius 2 is 1.56 bits per heavy atom. The number of hydrogen-bond donors (Lipinski definition) is 2. The lowest BCUT2D eigenvalue weighted by molar-refractivity contribution is -0.114. The number of rotatable bonds is 4. The van der Waals surface area contributed by atoms with Gasteiger partial charge in [-0.1, -0.05) is 36.4 Å².